The molecule has 1 aliphatic rings. The number of unbranched alkanes of at least 4 members (excludes halogenated alkanes) is 5. The van der Waals surface area contributed by atoms with Crippen LogP contribution in [-0.2, 0) is 9.59 Å². The van der Waals surface area contributed by atoms with Crippen molar-refractivity contribution >= 4 is 11.9 Å². The van der Waals surface area contributed by atoms with Crippen molar-refractivity contribution in [1.82, 2.24) is 5.32 Å². The number of hydrogen-bond acceptors (Lipinski definition) is 2. The molecule has 1 rings (SSSR count). The molecule has 0 heterocycles. The number of hydrogen-bond donors (Lipinski definition) is 2. The molecule has 1 fully saturated rings. The van der Waals surface area contributed by atoms with Crippen LogP contribution < -0.4 is 5.32 Å². The monoisotopic (exact) mass is 269 g/mol. The van der Waals surface area contributed by atoms with E-state index < -0.39 is 5.97 Å². The van der Waals surface area contributed by atoms with Gasteiger partial charge in [0.15, 0.2) is 0 Å². The van der Waals surface area contributed by atoms with Crippen molar-refractivity contribution in [3.05, 3.63) is 0 Å². The zero-order chi connectivity index (χ0) is 14.1. The minimum atomic E-state index is -0.729. The minimum Gasteiger partial charge on any atom is -0.481 e. The molecule has 19 heavy (non-hydrogen) atoms. The molecule has 0 aliphatic heterocycles. The van der Waals surface area contributed by atoms with E-state index in [-0.39, 0.29) is 17.9 Å². The number of carbonyl (C=O) groups is 2. The topological polar surface area (TPSA) is 66.4 Å². The zero-order valence-electron chi connectivity index (χ0n) is 12.0. The molecule has 2 N–H and O–H groups in total. The average Bonchev–Trinajstić information content (AvgIpc) is 2.82. The number of carbonyl (C=O) groups excluding carboxylic acids is 1. The first kappa shape index (κ1) is 16.0. The van der Waals surface area contributed by atoms with E-state index in [1.807, 2.05) is 0 Å². The summed E-state index contributed by atoms with van der Waals surface area (Å²) >= 11 is 0. The van der Waals surface area contributed by atoms with Gasteiger partial charge in [0.05, 0.1) is 5.92 Å². The molecule has 0 unspecified atom stereocenters. The zero-order valence-corrected chi connectivity index (χ0v) is 12.0. The Morgan fingerprint density at radius 3 is 2.42 bits per heavy atom. The molecule has 1 aliphatic carbocycles. The van der Waals surface area contributed by atoms with Gasteiger partial charge in [-0.1, -0.05) is 39.0 Å². The minimum absolute atomic E-state index is 0.0775. The summed E-state index contributed by atoms with van der Waals surface area (Å²) < 4.78 is 0. The molecule has 4 heteroatoms. The lowest BCUT2D eigenvalue weighted by molar-refractivity contribution is -0.141. The maximum atomic E-state index is 11.7. The van der Waals surface area contributed by atoms with Crippen LogP contribution in [0.5, 0.6) is 0 Å². The Balaban J connectivity index is 2.04. The van der Waals surface area contributed by atoms with Gasteiger partial charge in [0, 0.05) is 12.5 Å². The van der Waals surface area contributed by atoms with Crippen molar-refractivity contribution in [3.8, 4) is 0 Å². The van der Waals surface area contributed by atoms with Crippen LogP contribution in [0.4, 0.5) is 0 Å². The molecule has 4 nitrogen and oxygen atoms in total. The number of aliphatic carboxylic acids is 1. The first-order valence-electron chi connectivity index (χ1n) is 7.65. The summed E-state index contributed by atoms with van der Waals surface area (Å²) in [5.41, 5.74) is 0. The van der Waals surface area contributed by atoms with Gasteiger partial charge in [-0.25, -0.2) is 0 Å². The number of amides is 1. The van der Waals surface area contributed by atoms with E-state index in [1.165, 1.54) is 25.7 Å². The lowest BCUT2D eigenvalue weighted by atomic mass is 10.1. The van der Waals surface area contributed by atoms with E-state index in [1.54, 1.807) is 0 Å². The maximum Gasteiger partial charge on any atom is 0.306 e. The lowest BCUT2D eigenvalue weighted by Crippen LogP contribution is -2.33. The molecule has 0 saturated heterocycles. The van der Waals surface area contributed by atoms with Gasteiger partial charge >= 0.3 is 5.97 Å². The van der Waals surface area contributed by atoms with Gasteiger partial charge in [-0.15, -0.1) is 0 Å². The first-order chi connectivity index (χ1) is 9.13. The van der Waals surface area contributed by atoms with Crippen molar-refractivity contribution in [3.63, 3.8) is 0 Å². The largest absolute Gasteiger partial charge is 0.481 e. The normalized spacial score (nSPS) is 22.4. The SMILES string of the molecule is CCCCCCCCC(=O)N[C@H]1CC[C@@H](C(=O)O)C1. The molecule has 2 atom stereocenters. The van der Waals surface area contributed by atoms with Gasteiger partial charge < -0.3 is 10.4 Å². The molecule has 0 spiro atoms. The van der Waals surface area contributed by atoms with Crippen LogP contribution in [0.2, 0.25) is 0 Å². The van der Waals surface area contributed by atoms with Gasteiger partial charge in [-0.3, -0.25) is 9.59 Å². The highest BCUT2D eigenvalue weighted by atomic mass is 16.4. The summed E-state index contributed by atoms with van der Waals surface area (Å²) in [6.45, 7) is 2.19. The Bertz CT molecular complexity index is 291. The quantitative estimate of drug-likeness (QED) is 0.632. The standard InChI is InChI=1S/C15H27NO3/c1-2-3-4-5-6-7-8-14(17)16-13-10-9-12(11-13)15(18)19/h12-13H,2-11H2,1H3,(H,16,17)(H,18,19)/t12-,13+/m1/s1. The second-order valence-electron chi connectivity index (χ2n) is 5.63. The average molecular weight is 269 g/mol. The van der Waals surface area contributed by atoms with Gasteiger partial charge in [-0.05, 0) is 25.7 Å². The third kappa shape index (κ3) is 6.60. The predicted molar refractivity (Wildman–Crippen MR) is 74.9 cm³/mol. The van der Waals surface area contributed by atoms with Crippen molar-refractivity contribution in [2.45, 2.75) is 77.2 Å². The Morgan fingerprint density at radius 1 is 1.11 bits per heavy atom. The molecule has 0 bridgehead atoms. The molecule has 1 amide bonds. The van der Waals surface area contributed by atoms with Gasteiger partial charge in [-0.2, -0.15) is 0 Å². The fourth-order valence-electron chi connectivity index (χ4n) is 2.70. The molecule has 0 aromatic carbocycles. The summed E-state index contributed by atoms with van der Waals surface area (Å²) in [6, 6.07) is 0.0775. The molecule has 0 radical (unpaired) electrons. The van der Waals surface area contributed by atoms with Gasteiger partial charge in [0.25, 0.3) is 0 Å². The lowest BCUT2D eigenvalue weighted by Gasteiger charge is -2.12. The highest BCUT2D eigenvalue weighted by Crippen LogP contribution is 2.25. The summed E-state index contributed by atoms with van der Waals surface area (Å²) in [7, 11) is 0. The van der Waals surface area contributed by atoms with Crippen molar-refractivity contribution in [1.29, 1.82) is 0 Å². The third-order valence-corrected chi connectivity index (χ3v) is 3.90. The van der Waals surface area contributed by atoms with Crippen LogP contribution >= 0.6 is 0 Å². The number of carboxylic acids is 1. The van der Waals surface area contributed by atoms with E-state index in [9.17, 15) is 9.59 Å². The number of nitrogens with one attached hydrogen (secondary N) is 1. The van der Waals surface area contributed by atoms with Crippen LogP contribution in [-0.4, -0.2) is 23.0 Å². The molecular weight excluding hydrogens is 242 g/mol. The third-order valence-electron chi connectivity index (χ3n) is 3.90. The van der Waals surface area contributed by atoms with Crippen molar-refractivity contribution in [2.24, 2.45) is 5.92 Å². The fourth-order valence-corrected chi connectivity index (χ4v) is 2.70. The molecular formula is C15H27NO3. The summed E-state index contributed by atoms with van der Waals surface area (Å²) in [4.78, 5) is 22.5. The maximum absolute atomic E-state index is 11.7. The van der Waals surface area contributed by atoms with Crippen molar-refractivity contribution < 1.29 is 14.7 Å². The van der Waals surface area contributed by atoms with E-state index in [4.69, 9.17) is 5.11 Å². The molecule has 110 valence electrons. The predicted octanol–water partition coefficient (Wildman–Crippen LogP) is 3.11. The summed E-state index contributed by atoms with van der Waals surface area (Å²) in [5.74, 6) is -0.904. The summed E-state index contributed by atoms with van der Waals surface area (Å²) in [6.07, 6.45) is 9.75. The van der Waals surface area contributed by atoms with Crippen LogP contribution in [0.25, 0.3) is 0 Å². The second kappa shape index (κ2) is 8.94. The van der Waals surface area contributed by atoms with Crippen molar-refractivity contribution in [2.75, 3.05) is 0 Å². The van der Waals surface area contributed by atoms with Gasteiger partial charge in [0.2, 0.25) is 5.91 Å². The number of carboxylic acid groups (broad SMARTS) is 1. The van der Waals surface area contributed by atoms with E-state index >= 15 is 0 Å². The Labute approximate surface area is 116 Å². The van der Waals surface area contributed by atoms with E-state index in [2.05, 4.69) is 12.2 Å². The highest BCUT2D eigenvalue weighted by molar-refractivity contribution is 5.76. The number of rotatable bonds is 9. The molecule has 0 aromatic rings. The van der Waals surface area contributed by atoms with Crippen LogP contribution in [0.3, 0.4) is 0 Å². The fraction of sp³-hybridized carbons (Fsp3) is 0.867. The Hall–Kier alpha value is -1.06. The molecule has 1 saturated carbocycles. The Morgan fingerprint density at radius 2 is 1.79 bits per heavy atom. The van der Waals surface area contributed by atoms with E-state index in [0.717, 1.165) is 19.3 Å². The van der Waals surface area contributed by atoms with Crippen LogP contribution in [0.15, 0.2) is 0 Å². The Kier molecular flexibility index (Phi) is 7.53. The summed E-state index contributed by atoms with van der Waals surface area (Å²) in [5, 5.41) is 11.9. The highest BCUT2D eigenvalue weighted by Gasteiger charge is 2.30. The first-order valence-corrected chi connectivity index (χ1v) is 7.65. The van der Waals surface area contributed by atoms with Crippen LogP contribution in [0.1, 0.15) is 71.1 Å². The van der Waals surface area contributed by atoms with E-state index in [0.29, 0.717) is 19.3 Å². The smallest absolute Gasteiger partial charge is 0.306 e. The van der Waals surface area contributed by atoms with Gasteiger partial charge in [0.1, 0.15) is 0 Å². The second-order valence-corrected chi connectivity index (χ2v) is 5.63. The molecule has 0 aromatic heterocycles. The van der Waals surface area contributed by atoms with Crippen LogP contribution in [0, 0.1) is 5.92 Å².